The highest BCUT2D eigenvalue weighted by Gasteiger charge is 2.43. The van der Waals surface area contributed by atoms with Gasteiger partial charge >= 0.3 is 0 Å². The van der Waals surface area contributed by atoms with Gasteiger partial charge in [0.25, 0.3) is 0 Å². The Morgan fingerprint density at radius 3 is 2.26 bits per heavy atom. The Bertz CT molecular complexity index is 271. The molecule has 2 heteroatoms. The summed E-state index contributed by atoms with van der Waals surface area (Å²) in [6.07, 6.45) is 8.28. The maximum atomic E-state index is 3.76. The molecule has 0 aromatic carbocycles. The molecule has 0 radical (unpaired) electrons. The summed E-state index contributed by atoms with van der Waals surface area (Å²) in [5, 5.41) is 3.76. The van der Waals surface area contributed by atoms with Crippen molar-refractivity contribution in [2.24, 2.45) is 10.8 Å². The molecule has 0 amide bonds. The zero-order valence-corrected chi connectivity index (χ0v) is 13.6. The van der Waals surface area contributed by atoms with E-state index >= 15 is 0 Å². The summed E-state index contributed by atoms with van der Waals surface area (Å²) in [7, 11) is 0. The average molecular weight is 266 g/mol. The molecule has 1 atom stereocenters. The van der Waals surface area contributed by atoms with Gasteiger partial charge in [-0.25, -0.2) is 0 Å². The van der Waals surface area contributed by atoms with Gasteiger partial charge in [0.1, 0.15) is 0 Å². The van der Waals surface area contributed by atoms with Gasteiger partial charge in [0.05, 0.1) is 0 Å². The van der Waals surface area contributed by atoms with E-state index in [1.165, 1.54) is 64.7 Å². The second kappa shape index (κ2) is 6.13. The van der Waals surface area contributed by atoms with Gasteiger partial charge in [-0.05, 0) is 43.1 Å². The SMILES string of the molecule is CCCC1(CCC)CN(CC2NCCCC2(C)C)C1. The van der Waals surface area contributed by atoms with E-state index in [0.29, 0.717) is 16.9 Å². The number of nitrogens with zero attached hydrogens (tertiary/aromatic N) is 1. The van der Waals surface area contributed by atoms with E-state index in [4.69, 9.17) is 0 Å². The highest BCUT2D eigenvalue weighted by molar-refractivity contribution is 4.98. The van der Waals surface area contributed by atoms with Crippen molar-refractivity contribution in [1.29, 1.82) is 0 Å². The molecule has 2 saturated heterocycles. The molecular weight excluding hydrogens is 232 g/mol. The molecule has 112 valence electrons. The molecule has 0 aromatic heterocycles. The molecule has 0 aliphatic carbocycles. The third kappa shape index (κ3) is 3.52. The number of rotatable bonds is 6. The van der Waals surface area contributed by atoms with Crippen molar-refractivity contribution >= 4 is 0 Å². The van der Waals surface area contributed by atoms with E-state index in [9.17, 15) is 0 Å². The number of hydrogen-bond acceptors (Lipinski definition) is 2. The lowest BCUT2D eigenvalue weighted by Gasteiger charge is -2.53. The minimum absolute atomic E-state index is 0.478. The highest BCUT2D eigenvalue weighted by atomic mass is 15.2. The number of likely N-dealkylation sites (tertiary alicyclic amines) is 1. The van der Waals surface area contributed by atoms with Gasteiger partial charge in [0.15, 0.2) is 0 Å². The molecule has 2 aliphatic heterocycles. The van der Waals surface area contributed by atoms with Crippen LogP contribution in [0.5, 0.6) is 0 Å². The van der Waals surface area contributed by atoms with Crippen molar-refractivity contribution in [3.8, 4) is 0 Å². The normalized spacial score (nSPS) is 30.0. The second-order valence-electron chi connectivity index (χ2n) is 7.77. The zero-order chi connectivity index (χ0) is 13.9. The largest absolute Gasteiger partial charge is 0.312 e. The van der Waals surface area contributed by atoms with E-state index in [2.05, 4.69) is 37.9 Å². The van der Waals surface area contributed by atoms with Crippen molar-refractivity contribution in [1.82, 2.24) is 10.2 Å². The molecule has 0 bridgehead atoms. The van der Waals surface area contributed by atoms with Gasteiger partial charge in [-0.3, -0.25) is 0 Å². The number of hydrogen-bond donors (Lipinski definition) is 1. The van der Waals surface area contributed by atoms with Crippen LogP contribution >= 0.6 is 0 Å². The van der Waals surface area contributed by atoms with Crippen molar-refractivity contribution in [2.45, 2.75) is 72.3 Å². The maximum absolute atomic E-state index is 3.76. The lowest BCUT2D eigenvalue weighted by Crippen LogP contribution is -2.62. The van der Waals surface area contributed by atoms with Crippen LogP contribution in [0, 0.1) is 10.8 Å². The van der Waals surface area contributed by atoms with Gasteiger partial charge in [0.2, 0.25) is 0 Å². The predicted molar refractivity (Wildman–Crippen MR) is 83.5 cm³/mol. The van der Waals surface area contributed by atoms with Crippen LogP contribution in [0.1, 0.15) is 66.2 Å². The Morgan fingerprint density at radius 2 is 1.74 bits per heavy atom. The smallest absolute Gasteiger partial charge is 0.0246 e. The van der Waals surface area contributed by atoms with Crippen LogP contribution in [0.25, 0.3) is 0 Å². The molecule has 19 heavy (non-hydrogen) atoms. The monoisotopic (exact) mass is 266 g/mol. The van der Waals surface area contributed by atoms with Gasteiger partial charge in [-0.15, -0.1) is 0 Å². The molecule has 2 rings (SSSR count). The Kier molecular flexibility index (Phi) is 4.94. The van der Waals surface area contributed by atoms with Crippen LogP contribution in [0.15, 0.2) is 0 Å². The topological polar surface area (TPSA) is 15.3 Å². The number of piperidine rings is 1. The lowest BCUT2D eigenvalue weighted by atomic mass is 9.71. The van der Waals surface area contributed by atoms with Gasteiger partial charge in [-0.1, -0.05) is 40.5 Å². The van der Waals surface area contributed by atoms with E-state index < -0.39 is 0 Å². The van der Waals surface area contributed by atoms with Gasteiger partial charge < -0.3 is 10.2 Å². The fourth-order valence-electron chi connectivity index (χ4n) is 4.37. The Labute approximate surface area is 120 Å². The first-order chi connectivity index (χ1) is 9.01. The molecule has 1 N–H and O–H groups in total. The standard InChI is InChI=1S/C17H34N2/c1-5-8-17(9-6-2)13-19(14-17)12-15-16(3,4)10-7-11-18-15/h15,18H,5-14H2,1-4H3. The van der Waals surface area contributed by atoms with Crippen LogP contribution in [-0.4, -0.2) is 37.1 Å². The Morgan fingerprint density at radius 1 is 1.11 bits per heavy atom. The molecule has 0 saturated carbocycles. The molecule has 2 aliphatic rings. The minimum atomic E-state index is 0.478. The minimum Gasteiger partial charge on any atom is -0.312 e. The van der Waals surface area contributed by atoms with Crippen LogP contribution in [0.3, 0.4) is 0 Å². The molecule has 0 spiro atoms. The first-order valence-corrected chi connectivity index (χ1v) is 8.47. The van der Waals surface area contributed by atoms with Crippen molar-refractivity contribution in [2.75, 3.05) is 26.2 Å². The molecule has 2 nitrogen and oxygen atoms in total. The lowest BCUT2D eigenvalue weighted by molar-refractivity contribution is -0.0324. The zero-order valence-electron chi connectivity index (χ0n) is 13.6. The molecule has 0 aromatic rings. The third-order valence-electron chi connectivity index (χ3n) is 5.45. The van der Waals surface area contributed by atoms with Gasteiger partial charge in [0, 0.05) is 25.7 Å². The van der Waals surface area contributed by atoms with E-state index in [1.54, 1.807) is 0 Å². The molecule has 2 fully saturated rings. The Hall–Kier alpha value is -0.0800. The summed E-state index contributed by atoms with van der Waals surface area (Å²) in [6, 6.07) is 0.697. The second-order valence-corrected chi connectivity index (χ2v) is 7.77. The fraction of sp³-hybridized carbons (Fsp3) is 1.00. The first kappa shape index (κ1) is 15.3. The first-order valence-electron chi connectivity index (χ1n) is 8.47. The van der Waals surface area contributed by atoms with Crippen LogP contribution in [0.2, 0.25) is 0 Å². The summed E-state index contributed by atoms with van der Waals surface area (Å²) in [5.74, 6) is 0. The number of nitrogens with one attached hydrogen (secondary N) is 1. The summed E-state index contributed by atoms with van der Waals surface area (Å²) in [6.45, 7) is 14.7. The summed E-state index contributed by atoms with van der Waals surface area (Å²) in [5.41, 5.74) is 1.15. The van der Waals surface area contributed by atoms with E-state index in [0.717, 1.165) is 0 Å². The average Bonchev–Trinajstić information content (AvgIpc) is 2.30. The van der Waals surface area contributed by atoms with Crippen molar-refractivity contribution < 1.29 is 0 Å². The maximum Gasteiger partial charge on any atom is 0.0246 e. The van der Waals surface area contributed by atoms with Crippen LogP contribution in [0.4, 0.5) is 0 Å². The fourth-order valence-corrected chi connectivity index (χ4v) is 4.37. The highest BCUT2D eigenvalue weighted by Crippen LogP contribution is 2.41. The van der Waals surface area contributed by atoms with Crippen LogP contribution in [-0.2, 0) is 0 Å². The summed E-state index contributed by atoms with van der Waals surface area (Å²) >= 11 is 0. The van der Waals surface area contributed by atoms with Crippen molar-refractivity contribution in [3.63, 3.8) is 0 Å². The van der Waals surface area contributed by atoms with E-state index in [-0.39, 0.29) is 0 Å². The van der Waals surface area contributed by atoms with Crippen molar-refractivity contribution in [3.05, 3.63) is 0 Å². The summed E-state index contributed by atoms with van der Waals surface area (Å²) in [4.78, 5) is 2.70. The third-order valence-corrected chi connectivity index (χ3v) is 5.45. The molecule has 1 unspecified atom stereocenters. The van der Waals surface area contributed by atoms with Gasteiger partial charge in [-0.2, -0.15) is 0 Å². The molecule has 2 heterocycles. The quantitative estimate of drug-likeness (QED) is 0.789. The Balaban J connectivity index is 1.82. The van der Waals surface area contributed by atoms with E-state index in [1.807, 2.05) is 0 Å². The summed E-state index contributed by atoms with van der Waals surface area (Å²) < 4.78 is 0. The predicted octanol–water partition coefficient (Wildman–Crippen LogP) is 3.67. The molecular formula is C17H34N2. The van der Waals surface area contributed by atoms with Crippen LogP contribution < -0.4 is 5.32 Å².